The van der Waals surface area contributed by atoms with Gasteiger partial charge in [0, 0.05) is 12.1 Å². The lowest BCUT2D eigenvalue weighted by Gasteiger charge is -2.42. The second-order valence-electron chi connectivity index (χ2n) is 9.47. The van der Waals surface area contributed by atoms with Crippen molar-refractivity contribution in [2.45, 2.75) is 36.3 Å². The standard InChI is InChI=1S/C31H29NO8/c33-27-26(40-30(29(35)28(27)34)39-25-18-16-24(17-19-25)32(36)37)20-38-31(21-10-4-1-5-11-21,22-12-6-2-7-13-22)23-14-8-3-9-15-23/h1-19,26-30,33-35H,20H2/t26?,27-,28?,29?,30+/m1/s1. The van der Waals surface area contributed by atoms with E-state index < -0.39 is 41.2 Å². The number of nitro groups is 1. The van der Waals surface area contributed by atoms with Crippen LogP contribution < -0.4 is 4.74 Å². The monoisotopic (exact) mass is 543 g/mol. The Balaban J connectivity index is 1.46. The number of rotatable bonds is 9. The second-order valence-corrected chi connectivity index (χ2v) is 9.47. The molecule has 4 aromatic carbocycles. The van der Waals surface area contributed by atoms with Gasteiger partial charge in [-0.3, -0.25) is 10.1 Å². The predicted molar refractivity (Wildman–Crippen MR) is 146 cm³/mol. The van der Waals surface area contributed by atoms with E-state index in [1.165, 1.54) is 24.3 Å². The van der Waals surface area contributed by atoms with E-state index >= 15 is 0 Å². The van der Waals surface area contributed by atoms with Crippen LogP contribution in [0.2, 0.25) is 0 Å². The molecule has 3 unspecified atom stereocenters. The number of non-ortho nitro benzene ring substituents is 1. The summed E-state index contributed by atoms with van der Waals surface area (Å²) in [5.41, 5.74) is 1.31. The van der Waals surface area contributed by atoms with Crippen molar-refractivity contribution in [2.24, 2.45) is 0 Å². The van der Waals surface area contributed by atoms with Crippen molar-refractivity contribution >= 4 is 5.69 Å². The summed E-state index contributed by atoms with van der Waals surface area (Å²) in [6.07, 6.45) is -7.11. The van der Waals surface area contributed by atoms with E-state index in [2.05, 4.69) is 0 Å². The molecule has 4 aromatic rings. The van der Waals surface area contributed by atoms with Crippen LogP contribution in [0.25, 0.3) is 0 Å². The fourth-order valence-electron chi connectivity index (χ4n) is 4.91. The Morgan fingerprint density at radius 1 is 0.700 bits per heavy atom. The van der Waals surface area contributed by atoms with Crippen LogP contribution in [0.15, 0.2) is 115 Å². The molecule has 0 saturated carbocycles. The Kier molecular flexibility index (Phi) is 8.20. The van der Waals surface area contributed by atoms with Gasteiger partial charge in [-0.2, -0.15) is 0 Å². The average molecular weight is 544 g/mol. The zero-order chi connectivity index (χ0) is 28.1. The molecule has 1 aliphatic rings. The molecule has 40 heavy (non-hydrogen) atoms. The minimum Gasteiger partial charge on any atom is -0.462 e. The Labute approximate surface area is 231 Å². The highest BCUT2D eigenvalue weighted by atomic mass is 16.7. The van der Waals surface area contributed by atoms with Gasteiger partial charge in [0.1, 0.15) is 35.8 Å². The van der Waals surface area contributed by atoms with Gasteiger partial charge in [-0.05, 0) is 28.8 Å². The van der Waals surface area contributed by atoms with Gasteiger partial charge in [0.15, 0.2) is 0 Å². The van der Waals surface area contributed by atoms with Gasteiger partial charge in [-0.15, -0.1) is 0 Å². The minimum atomic E-state index is -1.59. The molecule has 9 heteroatoms. The maximum atomic E-state index is 11.0. The van der Waals surface area contributed by atoms with E-state index in [0.29, 0.717) is 0 Å². The minimum absolute atomic E-state index is 0.127. The zero-order valence-corrected chi connectivity index (χ0v) is 21.4. The average Bonchev–Trinajstić information content (AvgIpc) is 3.00. The van der Waals surface area contributed by atoms with Crippen LogP contribution in [0.4, 0.5) is 5.69 Å². The van der Waals surface area contributed by atoms with E-state index in [4.69, 9.17) is 14.2 Å². The number of aliphatic hydroxyl groups is 3. The van der Waals surface area contributed by atoms with E-state index in [-0.39, 0.29) is 18.0 Å². The lowest BCUT2D eigenvalue weighted by molar-refractivity contribution is -0.384. The van der Waals surface area contributed by atoms with Crippen molar-refractivity contribution in [1.29, 1.82) is 0 Å². The van der Waals surface area contributed by atoms with Crippen molar-refractivity contribution in [3.05, 3.63) is 142 Å². The maximum absolute atomic E-state index is 11.0. The highest BCUT2D eigenvalue weighted by Gasteiger charge is 2.47. The summed E-state index contributed by atoms with van der Waals surface area (Å²) in [4.78, 5) is 10.4. The number of hydrogen-bond acceptors (Lipinski definition) is 8. The van der Waals surface area contributed by atoms with Crippen LogP contribution in [0, 0.1) is 10.1 Å². The Morgan fingerprint density at radius 3 is 1.62 bits per heavy atom. The summed E-state index contributed by atoms with van der Waals surface area (Å²) < 4.78 is 18.4. The normalized spacial score (nSPS) is 22.9. The van der Waals surface area contributed by atoms with Crippen LogP contribution in [-0.4, -0.2) is 57.6 Å². The summed E-state index contributed by atoms with van der Waals surface area (Å²) in [5.74, 6) is 0.185. The molecule has 0 amide bonds. The number of benzene rings is 4. The van der Waals surface area contributed by atoms with Crippen LogP contribution in [0.1, 0.15) is 16.7 Å². The maximum Gasteiger partial charge on any atom is 0.269 e. The highest BCUT2D eigenvalue weighted by molar-refractivity contribution is 5.47. The summed E-state index contributed by atoms with van der Waals surface area (Å²) in [6.45, 7) is -0.177. The molecule has 1 fully saturated rings. The number of nitro benzene ring substituents is 1. The van der Waals surface area contributed by atoms with E-state index in [9.17, 15) is 25.4 Å². The van der Waals surface area contributed by atoms with Crippen molar-refractivity contribution in [3.8, 4) is 5.75 Å². The van der Waals surface area contributed by atoms with Crippen molar-refractivity contribution in [3.63, 3.8) is 0 Å². The van der Waals surface area contributed by atoms with Crippen molar-refractivity contribution in [2.75, 3.05) is 6.61 Å². The van der Waals surface area contributed by atoms with E-state index in [1.807, 2.05) is 91.0 Å². The number of nitrogens with zero attached hydrogens (tertiary/aromatic N) is 1. The Hall–Kier alpha value is -4.12. The third-order valence-electron chi connectivity index (χ3n) is 6.97. The number of aliphatic hydroxyl groups excluding tert-OH is 3. The molecule has 5 rings (SSSR count). The SMILES string of the molecule is O=[N+]([O-])c1ccc(O[C@H]2OC(COC(c3ccccc3)(c3ccccc3)c3ccccc3)[C@@H](O)C(O)C2O)cc1. The molecule has 1 aliphatic heterocycles. The molecular formula is C31H29NO8. The summed E-state index contributed by atoms with van der Waals surface area (Å²) >= 11 is 0. The predicted octanol–water partition coefficient (Wildman–Crippen LogP) is 3.79. The van der Waals surface area contributed by atoms with Gasteiger partial charge in [-0.1, -0.05) is 91.0 Å². The first kappa shape index (κ1) is 27.4. The highest BCUT2D eigenvalue weighted by Crippen LogP contribution is 2.41. The van der Waals surface area contributed by atoms with Gasteiger partial charge in [0.2, 0.25) is 6.29 Å². The van der Waals surface area contributed by atoms with Gasteiger partial charge in [0.25, 0.3) is 5.69 Å². The third kappa shape index (κ3) is 5.46. The van der Waals surface area contributed by atoms with Gasteiger partial charge < -0.3 is 29.5 Å². The smallest absolute Gasteiger partial charge is 0.269 e. The quantitative estimate of drug-likeness (QED) is 0.165. The largest absolute Gasteiger partial charge is 0.462 e. The summed E-state index contributed by atoms with van der Waals surface area (Å²) in [6, 6.07) is 34.2. The molecule has 3 N–H and O–H groups in total. The van der Waals surface area contributed by atoms with Gasteiger partial charge >= 0.3 is 0 Å². The number of ether oxygens (including phenoxy) is 3. The first-order chi connectivity index (χ1) is 19.4. The Bertz CT molecular complexity index is 1290. The van der Waals surface area contributed by atoms with Gasteiger partial charge in [0.05, 0.1) is 11.5 Å². The summed E-state index contributed by atoms with van der Waals surface area (Å²) in [7, 11) is 0. The second kappa shape index (κ2) is 12.0. The van der Waals surface area contributed by atoms with Crippen LogP contribution in [-0.2, 0) is 15.1 Å². The van der Waals surface area contributed by atoms with Crippen LogP contribution in [0.3, 0.4) is 0 Å². The van der Waals surface area contributed by atoms with Crippen molar-refractivity contribution < 1.29 is 34.5 Å². The lowest BCUT2D eigenvalue weighted by Crippen LogP contribution is -2.60. The molecule has 0 aliphatic carbocycles. The molecule has 5 atom stereocenters. The van der Waals surface area contributed by atoms with E-state index in [0.717, 1.165) is 16.7 Å². The fraction of sp³-hybridized carbons (Fsp3) is 0.226. The molecule has 0 aromatic heterocycles. The summed E-state index contributed by atoms with van der Waals surface area (Å²) in [5, 5.41) is 43.1. The number of hydrogen-bond donors (Lipinski definition) is 3. The van der Waals surface area contributed by atoms with Crippen LogP contribution in [0.5, 0.6) is 5.75 Å². The lowest BCUT2D eigenvalue weighted by atomic mass is 9.80. The molecule has 0 spiro atoms. The molecular weight excluding hydrogens is 514 g/mol. The fourth-order valence-corrected chi connectivity index (χ4v) is 4.91. The molecule has 9 nitrogen and oxygen atoms in total. The topological polar surface area (TPSA) is 132 Å². The molecule has 0 bridgehead atoms. The first-order valence-electron chi connectivity index (χ1n) is 12.8. The molecule has 0 radical (unpaired) electrons. The van der Waals surface area contributed by atoms with Crippen molar-refractivity contribution in [1.82, 2.24) is 0 Å². The van der Waals surface area contributed by atoms with E-state index in [1.54, 1.807) is 0 Å². The molecule has 206 valence electrons. The van der Waals surface area contributed by atoms with Crippen LogP contribution >= 0.6 is 0 Å². The molecule has 1 heterocycles. The van der Waals surface area contributed by atoms with Gasteiger partial charge in [-0.25, -0.2) is 0 Å². The zero-order valence-electron chi connectivity index (χ0n) is 21.4. The first-order valence-corrected chi connectivity index (χ1v) is 12.8. The Morgan fingerprint density at radius 2 is 1.18 bits per heavy atom. The third-order valence-corrected chi connectivity index (χ3v) is 6.97. The molecule has 1 saturated heterocycles.